The molecule has 0 radical (unpaired) electrons. The predicted octanol–water partition coefficient (Wildman–Crippen LogP) is 1.82. The maximum absolute atomic E-state index is 9.29. The van der Waals surface area contributed by atoms with Crippen LogP contribution in [0.4, 0.5) is 0 Å². The van der Waals surface area contributed by atoms with Crippen molar-refractivity contribution in [3.63, 3.8) is 0 Å². The SMILES string of the molecule is CC(c1ccccc1)C1C(C#N)=C(N)OC(N)=C1C#N. The zero-order valence-electron chi connectivity index (χ0n) is 11.0. The Hall–Kier alpha value is -2.92. The van der Waals surface area contributed by atoms with Crippen molar-refractivity contribution in [1.29, 1.82) is 10.5 Å². The number of nitrogens with zero attached hydrogens (tertiary/aromatic N) is 2. The molecule has 2 rings (SSSR count). The van der Waals surface area contributed by atoms with Gasteiger partial charge in [0.15, 0.2) is 0 Å². The molecule has 1 unspecified atom stereocenters. The minimum absolute atomic E-state index is 0.0308. The van der Waals surface area contributed by atoms with E-state index in [1.807, 2.05) is 49.4 Å². The molecule has 5 heteroatoms. The topological polar surface area (TPSA) is 109 Å². The monoisotopic (exact) mass is 266 g/mol. The van der Waals surface area contributed by atoms with Gasteiger partial charge in [0.1, 0.15) is 12.1 Å². The molecule has 100 valence electrons. The van der Waals surface area contributed by atoms with E-state index >= 15 is 0 Å². The fraction of sp³-hybridized carbons (Fsp3) is 0.200. The Balaban J connectivity index is 2.53. The summed E-state index contributed by atoms with van der Waals surface area (Å²) in [7, 11) is 0. The highest BCUT2D eigenvalue weighted by Crippen LogP contribution is 2.39. The molecule has 0 fully saturated rings. The lowest BCUT2D eigenvalue weighted by Crippen LogP contribution is -2.27. The molecule has 0 bridgehead atoms. The van der Waals surface area contributed by atoms with Gasteiger partial charge < -0.3 is 16.2 Å². The smallest absolute Gasteiger partial charge is 0.207 e. The Morgan fingerprint density at radius 3 is 2.00 bits per heavy atom. The number of nitrogens with two attached hydrogens (primary N) is 2. The van der Waals surface area contributed by atoms with Crippen LogP contribution in [0.15, 0.2) is 53.2 Å². The second-order valence-electron chi connectivity index (χ2n) is 4.56. The number of benzene rings is 1. The molecule has 0 amide bonds. The van der Waals surface area contributed by atoms with Crippen LogP contribution in [0.1, 0.15) is 18.4 Å². The molecule has 1 atom stereocenters. The van der Waals surface area contributed by atoms with Crippen molar-refractivity contribution < 1.29 is 4.74 Å². The van der Waals surface area contributed by atoms with Crippen LogP contribution < -0.4 is 11.5 Å². The summed E-state index contributed by atoms with van der Waals surface area (Å²) in [5, 5.41) is 18.6. The molecule has 0 saturated carbocycles. The van der Waals surface area contributed by atoms with Gasteiger partial charge in [0.25, 0.3) is 0 Å². The van der Waals surface area contributed by atoms with Gasteiger partial charge in [-0.1, -0.05) is 37.3 Å². The molecule has 1 aliphatic rings. The van der Waals surface area contributed by atoms with Gasteiger partial charge in [0.05, 0.1) is 11.1 Å². The van der Waals surface area contributed by atoms with E-state index in [2.05, 4.69) is 0 Å². The van der Waals surface area contributed by atoms with E-state index in [0.717, 1.165) is 5.56 Å². The number of allylic oxidation sites excluding steroid dienone is 2. The Morgan fingerprint density at radius 1 is 1.05 bits per heavy atom. The fourth-order valence-corrected chi connectivity index (χ4v) is 2.38. The number of hydrogen-bond donors (Lipinski definition) is 2. The summed E-state index contributed by atoms with van der Waals surface area (Å²) >= 11 is 0. The Kier molecular flexibility index (Phi) is 3.63. The van der Waals surface area contributed by atoms with Crippen molar-refractivity contribution >= 4 is 0 Å². The lowest BCUT2D eigenvalue weighted by Gasteiger charge is -2.28. The first-order valence-electron chi connectivity index (χ1n) is 6.12. The normalized spacial score (nSPS) is 17.1. The fourth-order valence-electron chi connectivity index (χ4n) is 2.38. The third-order valence-corrected chi connectivity index (χ3v) is 3.44. The molecule has 0 aliphatic carbocycles. The molecule has 1 aromatic carbocycles. The summed E-state index contributed by atoms with van der Waals surface area (Å²) in [5.74, 6) is -0.656. The summed E-state index contributed by atoms with van der Waals surface area (Å²) in [6, 6.07) is 13.7. The maximum atomic E-state index is 9.29. The van der Waals surface area contributed by atoms with Crippen LogP contribution in [0.25, 0.3) is 0 Å². The van der Waals surface area contributed by atoms with Crippen LogP contribution >= 0.6 is 0 Å². The lowest BCUT2D eigenvalue weighted by molar-refractivity contribution is 0.266. The van der Waals surface area contributed by atoms with Crippen LogP contribution in [0.5, 0.6) is 0 Å². The van der Waals surface area contributed by atoms with Crippen molar-refractivity contribution in [3.05, 3.63) is 58.8 Å². The van der Waals surface area contributed by atoms with Crippen molar-refractivity contribution in [1.82, 2.24) is 0 Å². The number of ether oxygens (including phenoxy) is 1. The average Bonchev–Trinajstić information content (AvgIpc) is 2.46. The van der Waals surface area contributed by atoms with E-state index in [-0.39, 0.29) is 28.8 Å². The van der Waals surface area contributed by atoms with Gasteiger partial charge in [-0.05, 0) is 11.5 Å². The highest BCUT2D eigenvalue weighted by atomic mass is 16.5. The van der Waals surface area contributed by atoms with E-state index in [1.54, 1.807) is 0 Å². The summed E-state index contributed by atoms with van der Waals surface area (Å²) < 4.78 is 5.08. The van der Waals surface area contributed by atoms with E-state index in [4.69, 9.17) is 16.2 Å². The highest BCUT2D eigenvalue weighted by molar-refractivity contribution is 5.46. The maximum Gasteiger partial charge on any atom is 0.207 e. The molecule has 1 aliphatic heterocycles. The first-order valence-corrected chi connectivity index (χ1v) is 6.12. The Morgan fingerprint density at radius 2 is 1.55 bits per heavy atom. The van der Waals surface area contributed by atoms with Gasteiger partial charge in [-0.15, -0.1) is 0 Å². The van der Waals surface area contributed by atoms with Gasteiger partial charge in [-0.3, -0.25) is 0 Å². The van der Waals surface area contributed by atoms with Crippen molar-refractivity contribution in [2.75, 3.05) is 0 Å². The molecule has 4 N–H and O–H groups in total. The minimum atomic E-state index is -0.485. The first kappa shape index (κ1) is 13.5. The predicted molar refractivity (Wildman–Crippen MR) is 73.1 cm³/mol. The van der Waals surface area contributed by atoms with E-state index in [0.29, 0.717) is 0 Å². The zero-order valence-corrected chi connectivity index (χ0v) is 11.0. The molecular weight excluding hydrogens is 252 g/mol. The van der Waals surface area contributed by atoms with Crippen LogP contribution in [-0.2, 0) is 4.74 Å². The Bertz CT molecular complexity index is 625. The standard InChI is InChI=1S/C15H14N4O/c1-9(10-5-3-2-4-6-10)13-11(7-16)14(18)20-15(19)12(13)8-17/h2-6,9,13H,18-19H2,1H3. The molecule has 0 aromatic heterocycles. The average molecular weight is 266 g/mol. The van der Waals surface area contributed by atoms with Crippen LogP contribution in [0.2, 0.25) is 0 Å². The number of rotatable bonds is 2. The highest BCUT2D eigenvalue weighted by Gasteiger charge is 2.35. The van der Waals surface area contributed by atoms with E-state index in [1.165, 1.54) is 0 Å². The molecule has 0 spiro atoms. The van der Waals surface area contributed by atoms with Crippen LogP contribution in [0.3, 0.4) is 0 Å². The van der Waals surface area contributed by atoms with E-state index in [9.17, 15) is 10.5 Å². The second-order valence-corrected chi connectivity index (χ2v) is 4.56. The van der Waals surface area contributed by atoms with Gasteiger partial charge in [0, 0.05) is 5.92 Å². The summed E-state index contributed by atoms with van der Waals surface area (Å²) in [6.45, 7) is 1.93. The first-order chi connectivity index (χ1) is 9.60. The Labute approximate surface area is 117 Å². The van der Waals surface area contributed by atoms with Gasteiger partial charge in [-0.2, -0.15) is 10.5 Å². The van der Waals surface area contributed by atoms with Gasteiger partial charge >= 0.3 is 0 Å². The van der Waals surface area contributed by atoms with Crippen LogP contribution in [-0.4, -0.2) is 0 Å². The number of nitriles is 2. The summed E-state index contributed by atoms with van der Waals surface area (Å²) in [4.78, 5) is 0. The van der Waals surface area contributed by atoms with E-state index < -0.39 is 5.92 Å². The molecular formula is C15H14N4O. The van der Waals surface area contributed by atoms with Gasteiger partial charge in [-0.25, -0.2) is 0 Å². The summed E-state index contributed by atoms with van der Waals surface area (Å²) in [6.07, 6.45) is 0. The number of hydrogen-bond acceptors (Lipinski definition) is 5. The third kappa shape index (κ3) is 2.17. The quantitative estimate of drug-likeness (QED) is 0.848. The molecule has 1 heterocycles. The molecule has 0 saturated heterocycles. The molecule has 1 aromatic rings. The lowest BCUT2D eigenvalue weighted by atomic mass is 9.77. The largest absolute Gasteiger partial charge is 0.424 e. The second kappa shape index (κ2) is 5.38. The van der Waals surface area contributed by atoms with Gasteiger partial charge in [0.2, 0.25) is 11.8 Å². The zero-order chi connectivity index (χ0) is 14.7. The van der Waals surface area contributed by atoms with Crippen LogP contribution in [0, 0.1) is 28.6 Å². The third-order valence-electron chi connectivity index (χ3n) is 3.44. The van der Waals surface area contributed by atoms with Crippen molar-refractivity contribution in [2.45, 2.75) is 12.8 Å². The summed E-state index contributed by atoms with van der Waals surface area (Å²) in [5.41, 5.74) is 12.9. The van der Waals surface area contributed by atoms with Crippen molar-refractivity contribution in [2.24, 2.45) is 17.4 Å². The minimum Gasteiger partial charge on any atom is -0.424 e. The molecule has 5 nitrogen and oxygen atoms in total. The van der Waals surface area contributed by atoms with Crippen molar-refractivity contribution in [3.8, 4) is 12.1 Å². The molecule has 20 heavy (non-hydrogen) atoms.